The summed E-state index contributed by atoms with van der Waals surface area (Å²) in [5.74, 6) is -0.654. The van der Waals surface area contributed by atoms with E-state index in [0.717, 1.165) is 16.8 Å². The number of nitrogen functional groups attached to an aromatic ring is 1. The molecule has 2 aromatic rings. The smallest absolute Gasteiger partial charge is 0.337 e. The number of rotatable bonds is 4. The normalized spacial score (nSPS) is 10.7. The molecule has 4 nitrogen and oxygen atoms in total. The van der Waals surface area contributed by atoms with Gasteiger partial charge in [0.25, 0.3) is 0 Å². The Morgan fingerprint density at radius 2 is 1.95 bits per heavy atom. The number of nitrogens with one attached hydrogen (secondary N) is 1. The Labute approximate surface area is 124 Å². The van der Waals surface area contributed by atoms with Crippen molar-refractivity contribution in [1.82, 2.24) is 0 Å². The number of aryl methyl sites for hydroxylation is 1. The fourth-order valence-electron chi connectivity index (χ4n) is 2.32. The summed E-state index contributed by atoms with van der Waals surface area (Å²) in [5, 5.41) is 12.6. The molecule has 0 aliphatic rings. The SMILES string of the molecule is Cc1cccc(C(C)C)c1Nc1ccc(N)cc1C(=O)O. The van der Waals surface area contributed by atoms with Crippen LogP contribution in [0.3, 0.4) is 0 Å². The van der Waals surface area contributed by atoms with Crippen LogP contribution in [0.1, 0.15) is 41.3 Å². The van der Waals surface area contributed by atoms with Gasteiger partial charge in [0.15, 0.2) is 0 Å². The van der Waals surface area contributed by atoms with Gasteiger partial charge < -0.3 is 16.2 Å². The number of hydrogen-bond donors (Lipinski definition) is 3. The van der Waals surface area contributed by atoms with Crippen molar-refractivity contribution in [3.63, 3.8) is 0 Å². The van der Waals surface area contributed by atoms with Gasteiger partial charge in [-0.2, -0.15) is 0 Å². The van der Waals surface area contributed by atoms with E-state index in [1.54, 1.807) is 12.1 Å². The van der Waals surface area contributed by atoms with Crippen LogP contribution in [0.5, 0.6) is 0 Å². The van der Waals surface area contributed by atoms with Crippen LogP contribution in [0.4, 0.5) is 17.1 Å². The molecule has 110 valence electrons. The van der Waals surface area contributed by atoms with Crippen molar-refractivity contribution in [3.05, 3.63) is 53.1 Å². The molecule has 0 aromatic heterocycles. The third-order valence-corrected chi connectivity index (χ3v) is 3.46. The highest BCUT2D eigenvalue weighted by molar-refractivity contribution is 5.96. The highest BCUT2D eigenvalue weighted by Gasteiger charge is 2.14. The Bertz CT molecular complexity index is 678. The molecule has 0 atom stereocenters. The highest BCUT2D eigenvalue weighted by Crippen LogP contribution is 2.32. The number of hydrogen-bond acceptors (Lipinski definition) is 3. The quantitative estimate of drug-likeness (QED) is 0.737. The summed E-state index contributed by atoms with van der Waals surface area (Å²) >= 11 is 0. The van der Waals surface area contributed by atoms with E-state index in [2.05, 4.69) is 25.2 Å². The van der Waals surface area contributed by atoms with Crippen LogP contribution >= 0.6 is 0 Å². The highest BCUT2D eigenvalue weighted by atomic mass is 16.4. The molecule has 4 heteroatoms. The van der Waals surface area contributed by atoms with E-state index in [9.17, 15) is 9.90 Å². The van der Waals surface area contributed by atoms with E-state index < -0.39 is 5.97 Å². The van der Waals surface area contributed by atoms with Gasteiger partial charge in [-0.05, 0) is 42.2 Å². The van der Waals surface area contributed by atoms with Crippen LogP contribution in [0.15, 0.2) is 36.4 Å². The van der Waals surface area contributed by atoms with Crippen LogP contribution in [-0.2, 0) is 0 Å². The minimum absolute atomic E-state index is 0.174. The molecule has 21 heavy (non-hydrogen) atoms. The first-order chi connectivity index (χ1) is 9.90. The third-order valence-electron chi connectivity index (χ3n) is 3.46. The summed E-state index contributed by atoms with van der Waals surface area (Å²) in [4.78, 5) is 11.4. The zero-order valence-corrected chi connectivity index (χ0v) is 12.5. The van der Waals surface area contributed by atoms with Gasteiger partial charge in [-0.15, -0.1) is 0 Å². The molecule has 0 aliphatic heterocycles. The lowest BCUT2D eigenvalue weighted by Gasteiger charge is -2.18. The third kappa shape index (κ3) is 3.16. The fraction of sp³-hybridized carbons (Fsp3) is 0.235. The largest absolute Gasteiger partial charge is 0.478 e. The van der Waals surface area contributed by atoms with Gasteiger partial charge in [-0.3, -0.25) is 0 Å². The van der Waals surface area contributed by atoms with Gasteiger partial charge in [-0.25, -0.2) is 4.79 Å². The van der Waals surface area contributed by atoms with E-state index in [1.165, 1.54) is 6.07 Å². The fourth-order valence-corrected chi connectivity index (χ4v) is 2.32. The van der Waals surface area contributed by atoms with Gasteiger partial charge >= 0.3 is 5.97 Å². The molecular weight excluding hydrogens is 264 g/mol. The van der Waals surface area contributed by atoms with Crippen molar-refractivity contribution < 1.29 is 9.90 Å². The van der Waals surface area contributed by atoms with Gasteiger partial charge in [-0.1, -0.05) is 32.0 Å². The van der Waals surface area contributed by atoms with Gasteiger partial charge in [0.2, 0.25) is 0 Å². The molecule has 0 bridgehead atoms. The molecule has 2 aromatic carbocycles. The van der Waals surface area contributed by atoms with Crippen molar-refractivity contribution in [2.24, 2.45) is 0 Å². The number of aromatic carboxylic acids is 1. The second-order valence-corrected chi connectivity index (χ2v) is 5.43. The molecule has 0 fully saturated rings. The Kier molecular flexibility index (Phi) is 4.17. The molecule has 4 N–H and O–H groups in total. The van der Waals surface area contributed by atoms with Crippen LogP contribution in [-0.4, -0.2) is 11.1 Å². The lowest BCUT2D eigenvalue weighted by molar-refractivity contribution is 0.0698. The number of benzene rings is 2. The molecule has 2 rings (SSSR count). The number of para-hydroxylation sites is 1. The zero-order chi connectivity index (χ0) is 15.6. The van der Waals surface area contributed by atoms with E-state index >= 15 is 0 Å². The predicted molar refractivity (Wildman–Crippen MR) is 86.4 cm³/mol. The summed E-state index contributed by atoms with van der Waals surface area (Å²) in [6.07, 6.45) is 0. The van der Waals surface area contributed by atoms with Crippen molar-refractivity contribution in [3.8, 4) is 0 Å². The molecule has 0 saturated heterocycles. The van der Waals surface area contributed by atoms with Crippen LogP contribution < -0.4 is 11.1 Å². The van der Waals surface area contributed by atoms with Crippen LogP contribution in [0.25, 0.3) is 0 Å². The molecule has 0 aliphatic carbocycles. The minimum Gasteiger partial charge on any atom is -0.478 e. The monoisotopic (exact) mass is 284 g/mol. The molecule has 0 heterocycles. The van der Waals surface area contributed by atoms with Crippen molar-refractivity contribution >= 4 is 23.0 Å². The maximum atomic E-state index is 11.4. The summed E-state index contributed by atoms with van der Waals surface area (Å²) in [5.41, 5.74) is 10.0. The van der Waals surface area contributed by atoms with E-state index in [-0.39, 0.29) is 5.56 Å². The molecule has 0 spiro atoms. The summed E-state index contributed by atoms with van der Waals surface area (Å²) in [6.45, 7) is 6.23. The lowest BCUT2D eigenvalue weighted by Crippen LogP contribution is -2.06. The number of nitrogens with two attached hydrogens (primary N) is 1. The molecule has 0 unspecified atom stereocenters. The lowest BCUT2D eigenvalue weighted by atomic mass is 9.97. The van der Waals surface area contributed by atoms with Gasteiger partial charge in [0, 0.05) is 11.4 Å². The first-order valence-electron chi connectivity index (χ1n) is 6.89. The Hall–Kier alpha value is -2.49. The zero-order valence-electron chi connectivity index (χ0n) is 12.5. The number of anilines is 3. The van der Waals surface area contributed by atoms with Crippen molar-refractivity contribution in [2.45, 2.75) is 26.7 Å². The first-order valence-corrected chi connectivity index (χ1v) is 6.89. The summed E-state index contributed by atoms with van der Waals surface area (Å²) < 4.78 is 0. The predicted octanol–water partition coefficient (Wildman–Crippen LogP) is 4.14. The summed E-state index contributed by atoms with van der Waals surface area (Å²) in [7, 11) is 0. The Morgan fingerprint density at radius 1 is 1.24 bits per heavy atom. The molecule has 0 radical (unpaired) electrons. The average Bonchev–Trinajstić information content (AvgIpc) is 2.42. The second kappa shape index (κ2) is 5.87. The van der Waals surface area contributed by atoms with Crippen LogP contribution in [0, 0.1) is 6.92 Å². The van der Waals surface area contributed by atoms with E-state index in [0.29, 0.717) is 17.3 Å². The van der Waals surface area contributed by atoms with Crippen LogP contribution in [0.2, 0.25) is 0 Å². The number of carboxylic acid groups (broad SMARTS) is 1. The molecular formula is C17H20N2O2. The van der Waals surface area contributed by atoms with E-state index in [1.807, 2.05) is 19.1 Å². The van der Waals surface area contributed by atoms with Crippen molar-refractivity contribution in [2.75, 3.05) is 11.1 Å². The number of carbonyl (C=O) groups is 1. The second-order valence-electron chi connectivity index (χ2n) is 5.43. The summed E-state index contributed by atoms with van der Waals surface area (Å²) in [6, 6.07) is 10.9. The first kappa shape index (κ1) is 14.9. The average molecular weight is 284 g/mol. The van der Waals surface area contributed by atoms with Crippen molar-refractivity contribution in [1.29, 1.82) is 0 Å². The molecule has 0 saturated carbocycles. The van der Waals surface area contributed by atoms with Gasteiger partial charge in [0.05, 0.1) is 11.3 Å². The Balaban J connectivity index is 2.51. The topological polar surface area (TPSA) is 75.3 Å². The molecule has 0 amide bonds. The Morgan fingerprint density at radius 3 is 2.57 bits per heavy atom. The standard InChI is InChI=1S/C17H20N2O2/c1-10(2)13-6-4-5-11(3)16(13)19-15-8-7-12(18)9-14(15)17(20)21/h4-10,19H,18H2,1-3H3,(H,20,21). The van der Waals surface area contributed by atoms with E-state index in [4.69, 9.17) is 5.73 Å². The minimum atomic E-state index is -0.996. The maximum Gasteiger partial charge on any atom is 0.337 e. The van der Waals surface area contributed by atoms with Gasteiger partial charge in [0.1, 0.15) is 0 Å². The maximum absolute atomic E-state index is 11.4. The number of carboxylic acids is 1.